The zero-order valence-electron chi connectivity index (χ0n) is 7.32. The molecule has 6 heteroatoms. The maximum Gasteiger partial charge on any atom is 0.407 e. The van der Waals surface area contributed by atoms with Crippen LogP contribution in [0.5, 0.6) is 0 Å². The predicted octanol–water partition coefficient (Wildman–Crippen LogP) is 0.0947. The summed E-state index contributed by atoms with van der Waals surface area (Å²) in [5.74, 6) is 0. The van der Waals surface area contributed by atoms with Gasteiger partial charge in [0, 0.05) is 6.54 Å². The van der Waals surface area contributed by atoms with Gasteiger partial charge in [-0.05, 0) is 6.92 Å². The third kappa shape index (κ3) is 2.50. The molecule has 0 spiro atoms. The molecule has 0 atom stereocenters. The quantitative estimate of drug-likeness (QED) is 0.644. The maximum atomic E-state index is 10.8. The number of carbonyl (C=O) groups is 2. The molecule has 0 saturated carbocycles. The van der Waals surface area contributed by atoms with Gasteiger partial charge in [-0.1, -0.05) is 0 Å². The molecule has 0 aliphatic carbocycles. The van der Waals surface area contributed by atoms with Crippen LogP contribution in [-0.2, 0) is 4.74 Å². The van der Waals surface area contributed by atoms with E-state index in [9.17, 15) is 9.59 Å². The van der Waals surface area contributed by atoms with Gasteiger partial charge in [-0.2, -0.15) is 0 Å². The van der Waals surface area contributed by atoms with Crippen LogP contribution in [0.3, 0.4) is 0 Å². The Morgan fingerprint density at radius 3 is 2.69 bits per heavy atom. The first kappa shape index (κ1) is 9.63. The van der Waals surface area contributed by atoms with Crippen molar-refractivity contribution in [1.82, 2.24) is 10.2 Å². The third-order valence-electron chi connectivity index (χ3n) is 1.71. The van der Waals surface area contributed by atoms with Crippen molar-refractivity contribution in [3.05, 3.63) is 0 Å². The molecular weight excluding hydrogens is 176 g/mol. The van der Waals surface area contributed by atoms with Crippen LogP contribution in [0, 0.1) is 0 Å². The van der Waals surface area contributed by atoms with E-state index in [-0.39, 0.29) is 19.2 Å². The Hall–Kier alpha value is -1.46. The van der Waals surface area contributed by atoms with Crippen molar-refractivity contribution >= 4 is 12.2 Å². The van der Waals surface area contributed by atoms with Crippen molar-refractivity contribution in [1.29, 1.82) is 0 Å². The van der Waals surface area contributed by atoms with Gasteiger partial charge in [0.2, 0.25) is 0 Å². The fourth-order valence-electron chi connectivity index (χ4n) is 1.01. The van der Waals surface area contributed by atoms with E-state index in [1.54, 1.807) is 6.92 Å². The molecular formula is C7H12N2O4. The number of nitrogens with zero attached hydrogens (tertiary/aromatic N) is 1. The van der Waals surface area contributed by atoms with Gasteiger partial charge in [0.05, 0.1) is 13.1 Å². The third-order valence-corrected chi connectivity index (χ3v) is 1.71. The van der Waals surface area contributed by atoms with Crippen LogP contribution in [0.15, 0.2) is 0 Å². The molecule has 13 heavy (non-hydrogen) atoms. The van der Waals surface area contributed by atoms with Crippen molar-refractivity contribution in [3.63, 3.8) is 0 Å². The number of ether oxygens (including phenoxy) is 1. The van der Waals surface area contributed by atoms with E-state index in [1.165, 1.54) is 4.90 Å². The normalized spacial score (nSPS) is 16.2. The second-order valence-corrected chi connectivity index (χ2v) is 2.75. The van der Waals surface area contributed by atoms with Crippen molar-refractivity contribution < 1.29 is 19.4 Å². The predicted molar refractivity (Wildman–Crippen MR) is 43.5 cm³/mol. The lowest BCUT2D eigenvalue weighted by Crippen LogP contribution is -2.55. The minimum Gasteiger partial charge on any atom is -0.465 e. The first-order chi connectivity index (χ1) is 6.13. The Kier molecular flexibility index (Phi) is 2.94. The lowest BCUT2D eigenvalue weighted by Gasteiger charge is -2.35. The van der Waals surface area contributed by atoms with Gasteiger partial charge < -0.3 is 20.1 Å². The van der Waals surface area contributed by atoms with E-state index in [2.05, 4.69) is 5.32 Å². The number of carboxylic acid groups (broad SMARTS) is 1. The summed E-state index contributed by atoms with van der Waals surface area (Å²) < 4.78 is 4.85. The SMILES string of the molecule is CCNC(=O)OC1CN(C(=O)O)C1. The molecule has 6 nitrogen and oxygen atoms in total. The zero-order valence-corrected chi connectivity index (χ0v) is 7.32. The van der Waals surface area contributed by atoms with E-state index < -0.39 is 12.2 Å². The van der Waals surface area contributed by atoms with Gasteiger partial charge in [0.25, 0.3) is 0 Å². The molecule has 2 N–H and O–H groups in total. The minimum atomic E-state index is -0.976. The van der Waals surface area contributed by atoms with E-state index in [1.807, 2.05) is 0 Å². The summed E-state index contributed by atoms with van der Waals surface area (Å²) in [5.41, 5.74) is 0. The number of carbonyl (C=O) groups excluding carboxylic acids is 1. The highest BCUT2D eigenvalue weighted by Gasteiger charge is 2.33. The van der Waals surface area contributed by atoms with Crippen LogP contribution in [0.2, 0.25) is 0 Å². The Balaban J connectivity index is 2.14. The molecule has 0 aromatic heterocycles. The Bertz CT molecular complexity index is 213. The molecule has 1 aliphatic rings. The summed E-state index contributed by atoms with van der Waals surface area (Å²) in [6, 6.07) is 0. The van der Waals surface area contributed by atoms with Gasteiger partial charge in [-0.25, -0.2) is 9.59 Å². The number of amides is 2. The lowest BCUT2D eigenvalue weighted by molar-refractivity contribution is -0.00495. The smallest absolute Gasteiger partial charge is 0.407 e. The standard InChI is InChI=1S/C7H12N2O4/c1-2-8-6(10)13-5-3-9(4-5)7(11)12/h5H,2-4H2,1H3,(H,8,10)(H,11,12). The minimum absolute atomic E-state index is 0.270. The zero-order chi connectivity index (χ0) is 9.84. The number of hydrogen-bond donors (Lipinski definition) is 2. The van der Waals surface area contributed by atoms with Crippen molar-refractivity contribution in [2.75, 3.05) is 19.6 Å². The molecule has 0 unspecified atom stereocenters. The van der Waals surface area contributed by atoms with Gasteiger partial charge in [0.15, 0.2) is 0 Å². The van der Waals surface area contributed by atoms with Crippen molar-refractivity contribution in [2.45, 2.75) is 13.0 Å². The Morgan fingerprint density at radius 2 is 2.23 bits per heavy atom. The summed E-state index contributed by atoms with van der Waals surface area (Å²) >= 11 is 0. The monoisotopic (exact) mass is 188 g/mol. The van der Waals surface area contributed by atoms with E-state index >= 15 is 0 Å². The maximum absolute atomic E-state index is 10.8. The molecule has 1 aliphatic heterocycles. The molecule has 0 aromatic carbocycles. The summed E-state index contributed by atoms with van der Waals surface area (Å²) in [5, 5.41) is 10.9. The Morgan fingerprint density at radius 1 is 1.62 bits per heavy atom. The summed E-state index contributed by atoms with van der Waals surface area (Å²) in [7, 11) is 0. The van der Waals surface area contributed by atoms with Crippen LogP contribution < -0.4 is 5.32 Å². The van der Waals surface area contributed by atoms with E-state index in [0.717, 1.165) is 0 Å². The van der Waals surface area contributed by atoms with Gasteiger partial charge in [0.1, 0.15) is 6.10 Å². The van der Waals surface area contributed by atoms with E-state index in [4.69, 9.17) is 9.84 Å². The number of likely N-dealkylation sites (tertiary alicyclic amines) is 1. The molecule has 0 radical (unpaired) electrons. The average Bonchev–Trinajstić information content (AvgIpc) is 1.95. The molecule has 74 valence electrons. The molecule has 0 aromatic rings. The fourth-order valence-corrected chi connectivity index (χ4v) is 1.01. The van der Waals surface area contributed by atoms with Crippen molar-refractivity contribution in [2.24, 2.45) is 0 Å². The van der Waals surface area contributed by atoms with Crippen LogP contribution in [-0.4, -0.2) is 47.9 Å². The summed E-state index contributed by atoms with van der Waals surface area (Å²) in [6.45, 7) is 2.83. The topological polar surface area (TPSA) is 78.9 Å². The number of rotatable bonds is 2. The average molecular weight is 188 g/mol. The molecule has 1 fully saturated rings. The Labute approximate surface area is 75.5 Å². The highest BCUT2D eigenvalue weighted by molar-refractivity contribution is 5.69. The fraction of sp³-hybridized carbons (Fsp3) is 0.714. The van der Waals surface area contributed by atoms with Crippen LogP contribution >= 0.6 is 0 Å². The first-order valence-corrected chi connectivity index (χ1v) is 4.05. The highest BCUT2D eigenvalue weighted by atomic mass is 16.6. The second kappa shape index (κ2) is 3.97. The van der Waals surface area contributed by atoms with Gasteiger partial charge in [-0.3, -0.25) is 0 Å². The van der Waals surface area contributed by atoms with Gasteiger partial charge >= 0.3 is 12.2 Å². The molecule has 1 heterocycles. The van der Waals surface area contributed by atoms with Crippen molar-refractivity contribution in [3.8, 4) is 0 Å². The summed E-state index contributed by atoms with van der Waals surface area (Å²) in [6.07, 6.45) is -1.75. The number of nitrogens with one attached hydrogen (secondary N) is 1. The first-order valence-electron chi connectivity index (χ1n) is 4.05. The van der Waals surface area contributed by atoms with Crippen LogP contribution in [0.25, 0.3) is 0 Å². The van der Waals surface area contributed by atoms with Gasteiger partial charge in [-0.15, -0.1) is 0 Å². The van der Waals surface area contributed by atoms with Crippen LogP contribution in [0.1, 0.15) is 6.92 Å². The summed E-state index contributed by atoms with van der Waals surface area (Å²) in [4.78, 5) is 22.3. The molecule has 0 bridgehead atoms. The number of alkyl carbamates (subject to hydrolysis) is 1. The van der Waals surface area contributed by atoms with E-state index in [0.29, 0.717) is 6.54 Å². The second-order valence-electron chi connectivity index (χ2n) is 2.75. The van der Waals surface area contributed by atoms with Crippen LogP contribution in [0.4, 0.5) is 9.59 Å². The largest absolute Gasteiger partial charge is 0.465 e. The molecule has 1 saturated heterocycles. The molecule has 2 amide bonds. The number of hydrogen-bond acceptors (Lipinski definition) is 3. The highest BCUT2D eigenvalue weighted by Crippen LogP contribution is 2.11. The molecule has 1 rings (SSSR count). The lowest BCUT2D eigenvalue weighted by atomic mass is 10.2.